The Morgan fingerprint density at radius 2 is 1.88 bits per heavy atom. The highest BCUT2D eigenvalue weighted by molar-refractivity contribution is 5.07. The van der Waals surface area contributed by atoms with Crippen molar-refractivity contribution in [1.29, 1.82) is 5.26 Å². The summed E-state index contributed by atoms with van der Waals surface area (Å²) in [4.78, 5) is 2.54. The lowest BCUT2D eigenvalue weighted by Crippen LogP contribution is -2.42. The van der Waals surface area contributed by atoms with E-state index in [1.54, 1.807) is 0 Å². The van der Waals surface area contributed by atoms with Gasteiger partial charge in [-0.3, -0.25) is 0 Å². The molecular formula is C15H26N2. The topological polar surface area (TPSA) is 27.0 Å². The largest absolute Gasteiger partial charge is 0.301 e. The fourth-order valence-electron chi connectivity index (χ4n) is 3.14. The van der Waals surface area contributed by atoms with E-state index in [1.165, 1.54) is 25.9 Å². The zero-order chi connectivity index (χ0) is 12.7. The lowest BCUT2D eigenvalue weighted by molar-refractivity contribution is 0.0892. The molecule has 0 N–H and O–H groups in total. The van der Waals surface area contributed by atoms with Crippen molar-refractivity contribution in [2.75, 3.05) is 19.6 Å². The molecular weight excluding hydrogens is 208 g/mol. The molecule has 0 aromatic rings. The summed E-state index contributed by atoms with van der Waals surface area (Å²) in [5.74, 6) is 0. The summed E-state index contributed by atoms with van der Waals surface area (Å²) in [6, 6.07) is 2.57. The van der Waals surface area contributed by atoms with E-state index in [1.807, 2.05) is 0 Å². The van der Waals surface area contributed by atoms with Gasteiger partial charge in [0.05, 0.1) is 11.5 Å². The van der Waals surface area contributed by atoms with Gasteiger partial charge in [0.15, 0.2) is 0 Å². The van der Waals surface area contributed by atoms with Crippen molar-refractivity contribution in [3.8, 4) is 6.07 Å². The van der Waals surface area contributed by atoms with Crippen molar-refractivity contribution >= 4 is 0 Å². The minimum Gasteiger partial charge on any atom is -0.301 e. The third-order valence-electron chi connectivity index (χ3n) is 5.44. The fraction of sp³-hybridized carbons (Fsp3) is 0.933. The minimum absolute atomic E-state index is 0.00311. The normalized spacial score (nSPS) is 33.1. The average Bonchev–Trinajstić information content (AvgIpc) is 2.54. The molecule has 0 bridgehead atoms. The summed E-state index contributed by atoms with van der Waals surface area (Å²) < 4.78 is 0. The quantitative estimate of drug-likeness (QED) is 0.732. The van der Waals surface area contributed by atoms with E-state index in [9.17, 15) is 5.26 Å². The van der Waals surface area contributed by atoms with E-state index < -0.39 is 0 Å². The molecule has 1 saturated heterocycles. The second-order valence-corrected chi connectivity index (χ2v) is 7.52. The Bertz CT molecular complexity index is 330. The maximum Gasteiger partial charge on any atom is 0.0703 e. The van der Waals surface area contributed by atoms with Crippen molar-refractivity contribution in [1.82, 2.24) is 4.90 Å². The molecule has 96 valence electrons. The van der Waals surface area contributed by atoms with E-state index in [4.69, 9.17) is 0 Å². The minimum atomic E-state index is 0.00311. The zero-order valence-corrected chi connectivity index (χ0v) is 11.8. The Balaban J connectivity index is 1.97. The van der Waals surface area contributed by atoms with Gasteiger partial charge in [0.1, 0.15) is 0 Å². The van der Waals surface area contributed by atoms with Crippen LogP contribution in [0.1, 0.15) is 53.4 Å². The van der Waals surface area contributed by atoms with Crippen LogP contribution in [-0.4, -0.2) is 24.5 Å². The smallest absolute Gasteiger partial charge is 0.0703 e. The molecule has 1 atom stereocenters. The van der Waals surface area contributed by atoms with Crippen LogP contribution in [0.5, 0.6) is 0 Å². The van der Waals surface area contributed by atoms with Crippen molar-refractivity contribution < 1.29 is 0 Å². The monoisotopic (exact) mass is 234 g/mol. The average molecular weight is 234 g/mol. The van der Waals surface area contributed by atoms with E-state index >= 15 is 0 Å². The number of nitriles is 1. The predicted molar refractivity (Wildman–Crippen MR) is 70.5 cm³/mol. The predicted octanol–water partition coefficient (Wildman–Crippen LogP) is 3.44. The van der Waals surface area contributed by atoms with Gasteiger partial charge in [-0.15, -0.1) is 0 Å². The lowest BCUT2D eigenvalue weighted by atomic mass is 9.67. The molecule has 17 heavy (non-hydrogen) atoms. The Morgan fingerprint density at radius 3 is 2.24 bits per heavy atom. The highest BCUT2D eigenvalue weighted by Gasteiger charge is 2.46. The molecule has 0 radical (unpaired) electrons. The van der Waals surface area contributed by atoms with Gasteiger partial charge in [-0.1, -0.05) is 34.1 Å². The Labute approximate surface area is 106 Å². The van der Waals surface area contributed by atoms with Crippen LogP contribution in [0.3, 0.4) is 0 Å². The summed E-state index contributed by atoms with van der Waals surface area (Å²) in [5, 5.41) is 9.31. The summed E-state index contributed by atoms with van der Waals surface area (Å²) in [6.07, 6.45) is 4.76. The molecule has 1 unspecified atom stereocenters. The molecule has 2 rings (SSSR count). The molecule has 1 aliphatic heterocycles. The van der Waals surface area contributed by atoms with Gasteiger partial charge >= 0.3 is 0 Å². The molecule has 2 heteroatoms. The number of rotatable bonds is 2. The molecule has 0 amide bonds. The van der Waals surface area contributed by atoms with Crippen molar-refractivity contribution in [2.45, 2.75) is 53.4 Å². The van der Waals surface area contributed by atoms with Gasteiger partial charge in [-0.2, -0.15) is 5.26 Å². The SMILES string of the molecule is CC(C)(C)C1(C)CCN(CC2(C#N)CCC2)C1. The van der Waals surface area contributed by atoms with E-state index in [2.05, 4.69) is 38.7 Å². The highest BCUT2D eigenvalue weighted by Crippen LogP contribution is 2.48. The maximum absolute atomic E-state index is 9.31. The van der Waals surface area contributed by atoms with Crippen LogP contribution in [0.25, 0.3) is 0 Å². The van der Waals surface area contributed by atoms with Gasteiger partial charge in [0.25, 0.3) is 0 Å². The van der Waals surface area contributed by atoms with Crippen LogP contribution in [0, 0.1) is 27.6 Å². The maximum atomic E-state index is 9.31. The first-order valence-corrected chi connectivity index (χ1v) is 6.94. The number of hydrogen-bond acceptors (Lipinski definition) is 2. The van der Waals surface area contributed by atoms with Gasteiger partial charge < -0.3 is 4.90 Å². The van der Waals surface area contributed by atoms with Crippen molar-refractivity contribution in [3.63, 3.8) is 0 Å². The van der Waals surface area contributed by atoms with Crippen LogP contribution in [0.2, 0.25) is 0 Å². The summed E-state index contributed by atoms with van der Waals surface area (Å²) in [5.41, 5.74) is 0.775. The molecule has 2 aliphatic rings. The molecule has 1 heterocycles. The molecule has 1 saturated carbocycles. The Morgan fingerprint density at radius 1 is 1.24 bits per heavy atom. The fourth-order valence-corrected chi connectivity index (χ4v) is 3.14. The second kappa shape index (κ2) is 3.99. The van der Waals surface area contributed by atoms with Gasteiger partial charge in [0, 0.05) is 13.1 Å². The standard InChI is InChI=1S/C15H26N2/c1-13(2,3)14(4)8-9-17(11-14)12-15(10-16)6-5-7-15/h5-9,11-12H2,1-4H3. The van der Waals surface area contributed by atoms with Crippen molar-refractivity contribution in [3.05, 3.63) is 0 Å². The van der Waals surface area contributed by atoms with Crippen LogP contribution in [0.15, 0.2) is 0 Å². The Kier molecular flexibility index (Phi) is 3.02. The van der Waals surface area contributed by atoms with Gasteiger partial charge in [-0.25, -0.2) is 0 Å². The molecule has 0 aromatic heterocycles. The first-order chi connectivity index (χ1) is 7.80. The Hall–Kier alpha value is -0.550. The number of nitrogens with zero attached hydrogens (tertiary/aromatic N) is 2. The zero-order valence-electron chi connectivity index (χ0n) is 11.8. The third kappa shape index (κ3) is 2.22. The number of likely N-dealkylation sites (tertiary alicyclic amines) is 1. The van der Waals surface area contributed by atoms with Gasteiger partial charge in [0.2, 0.25) is 0 Å². The first kappa shape index (κ1) is 12.9. The van der Waals surface area contributed by atoms with E-state index in [-0.39, 0.29) is 5.41 Å². The summed E-state index contributed by atoms with van der Waals surface area (Å²) in [7, 11) is 0. The van der Waals surface area contributed by atoms with E-state index in [0.717, 1.165) is 19.4 Å². The van der Waals surface area contributed by atoms with Crippen LogP contribution in [-0.2, 0) is 0 Å². The van der Waals surface area contributed by atoms with Crippen molar-refractivity contribution in [2.24, 2.45) is 16.2 Å². The third-order valence-corrected chi connectivity index (χ3v) is 5.44. The van der Waals surface area contributed by atoms with Gasteiger partial charge in [-0.05, 0) is 36.6 Å². The summed E-state index contributed by atoms with van der Waals surface area (Å²) in [6.45, 7) is 12.8. The number of hydrogen-bond donors (Lipinski definition) is 0. The summed E-state index contributed by atoms with van der Waals surface area (Å²) >= 11 is 0. The van der Waals surface area contributed by atoms with E-state index in [0.29, 0.717) is 10.8 Å². The molecule has 2 nitrogen and oxygen atoms in total. The van der Waals surface area contributed by atoms with Crippen LogP contribution >= 0.6 is 0 Å². The molecule has 2 fully saturated rings. The van der Waals surface area contributed by atoms with Crippen LogP contribution in [0.4, 0.5) is 0 Å². The molecule has 0 spiro atoms. The highest BCUT2D eigenvalue weighted by atomic mass is 15.2. The second-order valence-electron chi connectivity index (χ2n) is 7.52. The molecule has 0 aromatic carbocycles. The molecule has 1 aliphatic carbocycles. The lowest BCUT2D eigenvalue weighted by Gasteiger charge is -2.41. The first-order valence-electron chi connectivity index (χ1n) is 6.94. The van der Waals surface area contributed by atoms with Crippen LogP contribution < -0.4 is 0 Å².